The Kier molecular flexibility index (Phi) is 5.75. The van der Waals surface area contributed by atoms with Gasteiger partial charge in [0.2, 0.25) is 5.88 Å². The van der Waals surface area contributed by atoms with Crippen molar-refractivity contribution in [2.75, 3.05) is 30.4 Å². The number of hydrogen-bond acceptors (Lipinski definition) is 7. The van der Waals surface area contributed by atoms with Crippen LogP contribution in [0.2, 0.25) is 0 Å². The Bertz CT molecular complexity index is 1480. The number of ether oxygens (including phenoxy) is 1. The fraction of sp³-hybridized carbons (Fsp3) is 0.308. The smallest absolute Gasteiger partial charge is 0.257 e. The van der Waals surface area contributed by atoms with Gasteiger partial charge in [0.25, 0.3) is 5.91 Å². The zero-order valence-corrected chi connectivity index (χ0v) is 20.2. The quantitative estimate of drug-likeness (QED) is 0.471. The first-order valence-electron chi connectivity index (χ1n) is 11.6. The van der Waals surface area contributed by atoms with Crippen LogP contribution in [0.25, 0.3) is 16.6 Å². The molecule has 1 fully saturated rings. The number of amides is 1. The van der Waals surface area contributed by atoms with Gasteiger partial charge >= 0.3 is 0 Å². The van der Waals surface area contributed by atoms with Gasteiger partial charge in [-0.15, -0.1) is 0 Å². The van der Waals surface area contributed by atoms with Crippen molar-refractivity contribution in [3.63, 3.8) is 0 Å². The molecule has 0 aliphatic carbocycles. The zero-order chi connectivity index (χ0) is 24.7. The highest BCUT2D eigenvalue weighted by Crippen LogP contribution is 2.32. The molecule has 9 nitrogen and oxygen atoms in total. The number of aryl methyl sites for hydroxylation is 1. The summed E-state index contributed by atoms with van der Waals surface area (Å²) in [4.78, 5) is 24.8. The number of hydrogen-bond donors (Lipinski definition) is 2. The van der Waals surface area contributed by atoms with Crippen molar-refractivity contribution in [1.29, 1.82) is 5.26 Å². The maximum absolute atomic E-state index is 13.4. The molecular formula is C26H27N7O2. The first-order valence-corrected chi connectivity index (χ1v) is 11.6. The molecule has 1 aliphatic heterocycles. The summed E-state index contributed by atoms with van der Waals surface area (Å²) < 4.78 is 7.11. The van der Waals surface area contributed by atoms with E-state index in [0.717, 1.165) is 29.9 Å². The number of carbonyl (C=O) groups excluding carboxylic acids is 1. The van der Waals surface area contributed by atoms with Crippen LogP contribution in [0.15, 0.2) is 42.7 Å². The molecule has 1 aromatic carbocycles. The monoisotopic (exact) mass is 469 g/mol. The highest BCUT2D eigenvalue weighted by Gasteiger charge is 2.24. The molecule has 0 unspecified atom stereocenters. The van der Waals surface area contributed by atoms with Crippen LogP contribution in [-0.4, -0.2) is 52.6 Å². The van der Waals surface area contributed by atoms with Gasteiger partial charge in [0.05, 0.1) is 35.1 Å². The highest BCUT2D eigenvalue weighted by atomic mass is 16.5. The Labute approximate surface area is 203 Å². The Morgan fingerprint density at radius 1 is 1.17 bits per heavy atom. The van der Waals surface area contributed by atoms with E-state index in [1.807, 2.05) is 37.4 Å². The maximum atomic E-state index is 13.4. The van der Waals surface area contributed by atoms with Crippen molar-refractivity contribution in [2.24, 2.45) is 0 Å². The number of imidazole rings is 1. The molecule has 0 spiro atoms. The summed E-state index contributed by atoms with van der Waals surface area (Å²) in [6, 6.07) is 12.1. The normalized spacial score (nSPS) is 18.0. The molecule has 3 aromatic heterocycles. The molecule has 0 radical (unpaired) electrons. The number of nitrogens with zero attached hydrogens (tertiary/aromatic N) is 5. The van der Waals surface area contributed by atoms with E-state index in [9.17, 15) is 10.1 Å². The summed E-state index contributed by atoms with van der Waals surface area (Å²) in [5.41, 5.74) is 4.27. The third-order valence-corrected chi connectivity index (χ3v) is 6.21. The van der Waals surface area contributed by atoms with Gasteiger partial charge in [-0.05, 0) is 45.0 Å². The molecule has 4 aromatic rings. The zero-order valence-electron chi connectivity index (χ0n) is 20.2. The van der Waals surface area contributed by atoms with Gasteiger partial charge in [-0.3, -0.25) is 4.79 Å². The van der Waals surface area contributed by atoms with E-state index in [4.69, 9.17) is 4.74 Å². The van der Waals surface area contributed by atoms with Crippen molar-refractivity contribution < 1.29 is 9.53 Å². The highest BCUT2D eigenvalue weighted by molar-refractivity contribution is 6.14. The Morgan fingerprint density at radius 2 is 1.94 bits per heavy atom. The molecule has 4 heterocycles. The first-order chi connectivity index (χ1) is 16.9. The molecule has 0 saturated carbocycles. The van der Waals surface area contributed by atoms with Crippen LogP contribution in [0.1, 0.15) is 35.5 Å². The van der Waals surface area contributed by atoms with Gasteiger partial charge in [0, 0.05) is 54.7 Å². The Balaban J connectivity index is 1.55. The van der Waals surface area contributed by atoms with Crippen LogP contribution in [-0.2, 0) is 0 Å². The number of carbonyl (C=O) groups is 1. The van der Waals surface area contributed by atoms with Crippen LogP contribution in [0.5, 0.6) is 5.88 Å². The third kappa shape index (κ3) is 4.24. The lowest BCUT2D eigenvalue weighted by molar-refractivity contribution is 0.102. The molecule has 1 saturated heterocycles. The number of nitrogens with one attached hydrogen (secondary N) is 2. The SMILES string of the molecule is COc1ccc2c(N3C[C@H](C)N[C@@H](C)C3)ccc(C(=O)Nc3cc(C#N)c4nc(C)cn4c3)c2n1. The van der Waals surface area contributed by atoms with E-state index in [1.165, 1.54) is 0 Å². The summed E-state index contributed by atoms with van der Waals surface area (Å²) in [7, 11) is 1.56. The van der Waals surface area contributed by atoms with Crippen molar-refractivity contribution in [1.82, 2.24) is 19.7 Å². The van der Waals surface area contributed by atoms with Gasteiger partial charge in [-0.25, -0.2) is 9.97 Å². The second-order valence-corrected chi connectivity index (χ2v) is 9.08. The molecule has 35 heavy (non-hydrogen) atoms. The summed E-state index contributed by atoms with van der Waals surface area (Å²) in [5, 5.41) is 16.9. The van der Waals surface area contributed by atoms with E-state index in [1.54, 1.807) is 23.8 Å². The second-order valence-electron chi connectivity index (χ2n) is 9.08. The number of fused-ring (bicyclic) bond motifs is 2. The minimum Gasteiger partial charge on any atom is -0.481 e. The summed E-state index contributed by atoms with van der Waals surface area (Å²) in [5.74, 6) is 0.122. The number of piperazine rings is 1. The lowest BCUT2D eigenvalue weighted by Gasteiger charge is -2.38. The minimum atomic E-state index is -0.315. The number of nitriles is 1. The fourth-order valence-corrected chi connectivity index (χ4v) is 4.85. The average Bonchev–Trinajstić information content (AvgIpc) is 3.21. The van der Waals surface area contributed by atoms with Gasteiger partial charge in [0.15, 0.2) is 5.65 Å². The van der Waals surface area contributed by atoms with Crippen molar-refractivity contribution in [3.05, 3.63) is 59.5 Å². The predicted octanol–water partition coefficient (Wildman–Crippen LogP) is 3.51. The lowest BCUT2D eigenvalue weighted by Crippen LogP contribution is -2.54. The van der Waals surface area contributed by atoms with Gasteiger partial charge in [-0.2, -0.15) is 5.26 Å². The number of methoxy groups -OCH3 is 1. The molecule has 178 valence electrons. The van der Waals surface area contributed by atoms with Crippen molar-refractivity contribution in [3.8, 4) is 11.9 Å². The maximum Gasteiger partial charge on any atom is 0.257 e. The van der Waals surface area contributed by atoms with Crippen LogP contribution >= 0.6 is 0 Å². The van der Waals surface area contributed by atoms with E-state index in [2.05, 4.69) is 45.4 Å². The molecule has 2 atom stereocenters. The molecule has 1 aliphatic rings. The summed E-state index contributed by atoms with van der Waals surface area (Å²) in [6.45, 7) is 7.92. The molecule has 5 rings (SSSR count). The average molecular weight is 470 g/mol. The van der Waals surface area contributed by atoms with Gasteiger partial charge in [-0.1, -0.05) is 0 Å². The standard InChI is InChI=1S/C26H27N7O2/c1-15-11-32(12-16(2)28-15)22-7-5-21(24-20(22)6-8-23(31-24)35-4)26(34)30-19-9-18(10-27)25-29-17(3)13-33(25)14-19/h5-9,13-16,28H,11-12H2,1-4H3,(H,30,34)/t15-,16-/m0/s1. The van der Waals surface area contributed by atoms with Crippen LogP contribution < -0.4 is 20.3 Å². The van der Waals surface area contributed by atoms with E-state index >= 15 is 0 Å². The lowest BCUT2D eigenvalue weighted by atomic mass is 10.0. The van der Waals surface area contributed by atoms with E-state index in [-0.39, 0.29) is 5.91 Å². The number of benzene rings is 1. The van der Waals surface area contributed by atoms with Gasteiger partial charge in [0.1, 0.15) is 6.07 Å². The van der Waals surface area contributed by atoms with E-state index in [0.29, 0.717) is 45.9 Å². The topological polar surface area (TPSA) is 108 Å². The summed E-state index contributed by atoms with van der Waals surface area (Å²) in [6.07, 6.45) is 3.57. The molecule has 1 amide bonds. The van der Waals surface area contributed by atoms with Crippen molar-refractivity contribution in [2.45, 2.75) is 32.9 Å². The Morgan fingerprint density at radius 3 is 2.66 bits per heavy atom. The number of rotatable bonds is 4. The predicted molar refractivity (Wildman–Crippen MR) is 135 cm³/mol. The fourth-order valence-electron chi connectivity index (χ4n) is 4.85. The molecule has 2 N–H and O–H groups in total. The van der Waals surface area contributed by atoms with Gasteiger partial charge < -0.3 is 24.7 Å². The molecule has 0 bridgehead atoms. The van der Waals surface area contributed by atoms with E-state index < -0.39 is 0 Å². The van der Waals surface area contributed by atoms with Crippen molar-refractivity contribution >= 4 is 33.8 Å². The minimum absolute atomic E-state index is 0.315. The van der Waals surface area contributed by atoms with Crippen LogP contribution in [0.3, 0.4) is 0 Å². The number of pyridine rings is 2. The molecular weight excluding hydrogens is 442 g/mol. The third-order valence-electron chi connectivity index (χ3n) is 6.21. The largest absolute Gasteiger partial charge is 0.481 e. The number of anilines is 2. The summed E-state index contributed by atoms with van der Waals surface area (Å²) >= 11 is 0. The molecule has 9 heteroatoms. The second kappa shape index (κ2) is 8.89. The van der Waals surface area contributed by atoms with Crippen LogP contribution in [0, 0.1) is 18.3 Å². The Hall–Kier alpha value is -4.16. The number of aromatic nitrogens is 3. The first kappa shape index (κ1) is 22.6. The van der Waals surface area contributed by atoms with Crippen LogP contribution in [0.4, 0.5) is 11.4 Å².